The number of methoxy groups -OCH3 is 1. The molecule has 3 heteroatoms. The molecule has 3 rings (SSSR count). The summed E-state index contributed by atoms with van der Waals surface area (Å²) in [5, 5.41) is 1.19. The number of carbonyl (C=O) groups is 1. The SMILES string of the molecule is COC1CCC2C(=O)C3CCCCC3SC2C1. The normalized spacial score (nSPS) is 46.2. The molecule has 17 heavy (non-hydrogen) atoms. The number of Topliss-reactive ketones (excluding diaryl/α,β-unsaturated/α-hetero) is 1. The third-order valence-electron chi connectivity index (χ3n) is 4.86. The Kier molecular flexibility index (Phi) is 3.49. The summed E-state index contributed by atoms with van der Waals surface area (Å²) in [6.45, 7) is 0. The molecule has 2 aliphatic carbocycles. The van der Waals surface area contributed by atoms with Crippen LogP contribution < -0.4 is 0 Å². The molecule has 2 saturated carbocycles. The quantitative estimate of drug-likeness (QED) is 0.719. The Balaban J connectivity index is 1.74. The van der Waals surface area contributed by atoms with Gasteiger partial charge in [0.2, 0.25) is 0 Å². The number of carbonyl (C=O) groups excluding carboxylic acids is 1. The van der Waals surface area contributed by atoms with Crippen molar-refractivity contribution >= 4 is 17.5 Å². The van der Waals surface area contributed by atoms with Gasteiger partial charge in [-0.1, -0.05) is 12.8 Å². The van der Waals surface area contributed by atoms with Crippen molar-refractivity contribution in [1.82, 2.24) is 0 Å². The minimum Gasteiger partial charge on any atom is -0.381 e. The first-order valence-electron chi connectivity index (χ1n) is 7.01. The van der Waals surface area contributed by atoms with E-state index in [-0.39, 0.29) is 0 Å². The highest BCUT2D eigenvalue weighted by Crippen LogP contribution is 2.49. The Bertz CT molecular complexity index is 305. The first-order chi connectivity index (χ1) is 8.29. The highest BCUT2D eigenvalue weighted by molar-refractivity contribution is 8.00. The fourth-order valence-corrected chi connectivity index (χ4v) is 5.86. The number of thioether (sulfide) groups is 1. The molecule has 96 valence electrons. The van der Waals surface area contributed by atoms with Gasteiger partial charge in [-0.2, -0.15) is 11.8 Å². The lowest BCUT2D eigenvalue weighted by atomic mass is 9.75. The zero-order valence-corrected chi connectivity index (χ0v) is 11.4. The molecule has 0 aromatic carbocycles. The molecule has 0 radical (unpaired) electrons. The molecule has 1 heterocycles. The molecule has 5 atom stereocenters. The fourth-order valence-electron chi connectivity index (χ4n) is 3.87. The van der Waals surface area contributed by atoms with Gasteiger partial charge in [-0.3, -0.25) is 4.79 Å². The summed E-state index contributed by atoms with van der Waals surface area (Å²) in [5.41, 5.74) is 0. The van der Waals surface area contributed by atoms with Crippen LogP contribution in [0.4, 0.5) is 0 Å². The van der Waals surface area contributed by atoms with Gasteiger partial charge in [-0.25, -0.2) is 0 Å². The molecule has 3 fully saturated rings. The maximum absolute atomic E-state index is 12.5. The van der Waals surface area contributed by atoms with Gasteiger partial charge in [0.05, 0.1) is 6.10 Å². The van der Waals surface area contributed by atoms with E-state index in [0.717, 1.165) is 25.7 Å². The molecule has 1 saturated heterocycles. The Hall–Kier alpha value is -0.0200. The molecule has 0 amide bonds. The number of ether oxygens (including phenoxy) is 1. The smallest absolute Gasteiger partial charge is 0.141 e. The minimum atomic E-state index is 0.353. The van der Waals surface area contributed by atoms with Gasteiger partial charge < -0.3 is 4.74 Å². The van der Waals surface area contributed by atoms with E-state index in [1.54, 1.807) is 0 Å². The molecule has 5 unspecified atom stereocenters. The van der Waals surface area contributed by atoms with E-state index < -0.39 is 0 Å². The highest BCUT2D eigenvalue weighted by Gasteiger charge is 2.46. The average molecular weight is 254 g/mol. The molecule has 0 N–H and O–H groups in total. The first-order valence-corrected chi connectivity index (χ1v) is 7.96. The summed E-state index contributed by atoms with van der Waals surface area (Å²) in [4.78, 5) is 12.5. The van der Waals surface area contributed by atoms with Crippen molar-refractivity contribution in [3.63, 3.8) is 0 Å². The van der Waals surface area contributed by atoms with E-state index in [1.165, 1.54) is 19.3 Å². The molecular weight excluding hydrogens is 232 g/mol. The summed E-state index contributed by atoms with van der Waals surface area (Å²) in [5.74, 6) is 1.35. The molecule has 0 bridgehead atoms. The molecule has 2 nitrogen and oxygen atoms in total. The van der Waals surface area contributed by atoms with Crippen LogP contribution >= 0.6 is 11.8 Å². The van der Waals surface area contributed by atoms with Gasteiger partial charge in [0.1, 0.15) is 5.78 Å². The Morgan fingerprint density at radius 3 is 2.65 bits per heavy atom. The third kappa shape index (κ3) is 2.17. The van der Waals surface area contributed by atoms with Crippen LogP contribution in [0.25, 0.3) is 0 Å². The van der Waals surface area contributed by atoms with E-state index >= 15 is 0 Å². The summed E-state index contributed by atoms with van der Waals surface area (Å²) in [6.07, 6.45) is 8.67. The van der Waals surface area contributed by atoms with Crippen molar-refractivity contribution in [2.45, 2.75) is 61.5 Å². The summed E-state index contributed by atoms with van der Waals surface area (Å²) in [6, 6.07) is 0. The summed E-state index contributed by atoms with van der Waals surface area (Å²) in [7, 11) is 1.81. The molecule has 3 aliphatic rings. The lowest BCUT2D eigenvalue weighted by Crippen LogP contribution is -2.47. The topological polar surface area (TPSA) is 26.3 Å². The van der Waals surface area contributed by atoms with Crippen LogP contribution in [0.1, 0.15) is 44.9 Å². The largest absolute Gasteiger partial charge is 0.381 e. The Labute approximate surface area is 108 Å². The number of rotatable bonds is 1. The predicted molar refractivity (Wildman–Crippen MR) is 70.3 cm³/mol. The van der Waals surface area contributed by atoms with Crippen molar-refractivity contribution in [2.24, 2.45) is 11.8 Å². The van der Waals surface area contributed by atoms with Crippen molar-refractivity contribution in [3.8, 4) is 0 Å². The maximum atomic E-state index is 12.5. The number of hydrogen-bond acceptors (Lipinski definition) is 3. The van der Waals surface area contributed by atoms with Gasteiger partial charge in [-0.15, -0.1) is 0 Å². The monoisotopic (exact) mass is 254 g/mol. The Morgan fingerprint density at radius 2 is 1.82 bits per heavy atom. The molecular formula is C14H22O2S. The summed E-state index contributed by atoms with van der Waals surface area (Å²) >= 11 is 2.12. The summed E-state index contributed by atoms with van der Waals surface area (Å²) < 4.78 is 5.49. The van der Waals surface area contributed by atoms with Gasteiger partial charge in [0.15, 0.2) is 0 Å². The van der Waals surface area contributed by atoms with Crippen LogP contribution in [0.15, 0.2) is 0 Å². The number of fused-ring (bicyclic) bond motifs is 2. The molecule has 0 aromatic rings. The second-order valence-corrected chi connectivity index (χ2v) is 7.27. The number of hydrogen-bond donors (Lipinski definition) is 0. The van der Waals surface area contributed by atoms with E-state index in [2.05, 4.69) is 11.8 Å². The van der Waals surface area contributed by atoms with Crippen LogP contribution in [0.3, 0.4) is 0 Å². The number of ketones is 1. The van der Waals surface area contributed by atoms with Crippen LogP contribution in [-0.2, 0) is 9.53 Å². The Morgan fingerprint density at radius 1 is 1.06 bits per heavy atom. The van der Waals surface area contributed by atoms with Crippen LogP contribution in [0.5, 0.6) is 0 Å². The lowest BCUT2D eigenvalue weighted by molar-refractivity contribution is -0.129. The molecule has 1 aliphatic heterocycles. The molecule has 0 aromatic heterocycles. The average Bonchev–Trinajstić information content (AvgIpc) is 2.38. The van der Waals surface area contributed by atoms with Crippen LogP contribution in [0.2, 0.25) is 0 Å². The van der Waals surface area contributed by atoms with Crippen molar-refractivity contribution in [1.29, 1.82) is 0 Å². The van der Waals surface area contributed by atoms with Crippen molar-refractivity contribution < 1.29 is 9.53 Å². The molecule has 0 spiro atoms. The van der Waals surface area contributed by atoms with E-state index in [0.29, 0.717) is 34.2 Å². The van der Waals surface area contributed by atoms with E-state index in [9.17, 15) is 4.79 Å². The zero-order chi connectivity index (χ0) is 11.8. The minimum absolute atomic E-state index is 0.353. The second-order valence-electron chi connectivity index (χ2n) is 5.78. The van der Waals surface area contributed by atoms with Gasteiger partial charge in [0, 0.05) is 29.4 Å². The van der Waals surface area contributed by atoms with E-state index in [4.69, 9.17) is 4.74 Å². The standard InChI is InChI=1S/C14H22O2S/c1-16-9-6-7-11-13(8-9)17-12-5-3-2-4-10(12)14(11)15/h9-13H,2-8H2,1H3. The van der Waals surface area contributed by atoms with Crippen LogP contribution in [0, 0.1) is 11.8 Å². The van der Waals surface area contributed by atoms with E-state index in [1.807, 2.05) is 7.11 Å². The highest BCUT2D eigenvalue weighted by atomic mass is 32.2. The van der Waals surface area contributed by atoms with Gasteiger partial charge >= 0.3 is 0 Å². The van der Waals surface area contributed by atoms with Crippen molar-refractivity contribution in [2.75, 3.05) is 7.11 Å². The maximum Gasteiger partial charge on any atom is 0.141 e. The predicted octanol–water partition coefficient (Wildman–Crippen LogP) is 3.04. The van der Waals surface area contributed by atoms with Crippen LogP contribution in [-0.4, -0.2) is 29.5 Å². The van der Waals surface area contributed by atoms with Gasteiger partial charge in [-0.05, 0) is 32.1 Å². The lowest BCUT2D eigenvalue weighted by Gasteiger charge is -2.45. The first kappa shape index (κ1) is 12.0. The fraction of sp³-hybridized carbons (Fsp3) is 0.929. The second kappa shape index (κ2) is 4.93. The third-order valence-corrected chi connectivity index (χ3v) is 6.64. The zero-order valence-electron chi connectivity index (χ0n) is 10.6. The van der Waals surface area contributed by atoms with Gasteiger partial charge in [0.25, 0.3) is 0 Å². The van der Waals surface area contributed by atoms with Crippen molar-refractivity contribution in [3.05, 3.63) is 0 Å².